The van der Waals surface area contributed by atoms with Crippen LogP contribution in [0.5, 0.6) is 11.5 Å². The lowest BCUT2D eigenvalue weighted by Crippen LogP contribution is -2.32. The van der Waals surface area contributed by atoms with Crippen molar-refractivity contribution in [3.8, 4) is 11.5 Å². The summed E-state index contributed by atoms with van der Waals surface area (Å²) in [5.74, 6) is -2.12. The van der Waals surface area contributed by atoms with Crippen molar-refractivity contribution in [2.24, 2.45) is 11.1 Å². The number of hydrogen-bond donors (Lipinski definition) is 3. The van der Waals surface area contributed by atoms with Crippen LogP contribution in [0.15, 0.2) is 85.9 Å². The second-order valence-corrected chi connectivity index (χ2v) is 14.7. The third-order valence-corrected chi connectivity index (χ3v) is 11.1. The van der Waals surface area contributed by atoms with Crippen molar-refractivity contribution in [1.29, 1.82) is 0 Å². The lowest BCUT2D eigenvalue weighted by Gasteiger charge is -2.31. The van der Waals surface area contributed by atoms with E-state index in [2.05, 4.69) is 26.2 Å². The number of primary sulfonamides is 1. The molecule has 3 atom stereocenters. The zero-order valence-corrected chi connectivity index (χ0v) is 27.2. The highest BCUT2D eigenvalue weighted by Crippen LogP contribution is 2.54. The number of sulfonamides is 1. The molecule has 1 fully saturated rings. The maximum atomic E-state index is 14.1. The summed E-state index contributed by atoms with van der Waals surface area (Å²) in [4.78, 5) is 57.2. The lowest BCUT2D eigenvalue weighted by atomic mass is 9.82. The van der Waals surface area contributed by atoms with Gasteiger partial charge in [0.15, 0.2) is 6.61 Å². The average molecular weight is 732 g/mol. The van der Waals surface area contributed by atoms with E-state index in [1.54, 1.807) is 42.5 Å². The summed E-state index contributed by atoms with van der Waals surface area (Å²) in [5.41, 5.74) is 1.24. The Labute approximate surface area is 273 Å². The number of carbonyl (C=O) groups excluding carboxylic acids is 3. The van der Waals surface area contributed by atoms with Gasteiger partial charge in [0, 0.05) is 26.5 Å². The molecule has 4 aromatic rings. The second kappa shape index (κ2) is 12.1. The van der Waals surface area contributed by atoms with Crippen LogP contribution < -0.4 is 29.7 Å². The van der Waals surface area contributed by atoms with Crippen LogP contribution in [0.1, 0.15) is 16.4 Å². The predicted octanol–water partition coefficient (Wildman–Crippen LogP) is 3.67. The van der Waals surface area contributed by atoms with Gasteiger partial charge in [0.05, 0.1) is 28.6 Å². The number of ether oxygens (including phenoxy) is 2. The van der Waals surface area contributed by atoms with Crippen molar-refractivity contribution < 1.29 is 32.3 Å². The van der Waals surface area contributed by atoms with Gasteiger partial charge in [-0.3, -0.25) is 19.2 Å². The summed E-state index contributed by atoms with van der Waals surface area (Å²) in [5, 5.41) is 7.44. The molecule has 3 amide bonds. The Hall–Kier alpha value is -3.96. The first-order valence-corrected chi connectivity index (χ1v) is 17.2. The van der Waals surface area contributed by atoms with Gasteiger partial charge in [0.2, 0.25) is 21.8 Å². The molecular formula is C29H23BrN4O8S3. The number of aromatic nitrogens is 1. The van der Waals surface area contributed by atoms with E-state index < -0.39 is 51.4 Å². The summed E-state index contributed by atoms with van der Waals surface area (Å²) in [6, 6.07) is 17.0. The number of benzene rings is 3. The minimum atomic E-state index is -3.89. The van der Waals surface area contributed by atoms with E-state index >= 15 is 0 Å². The number of H-pyrrole nitrogens is 1. The van der Waals surface area contributed by atoms with E-state index in [0.29, 0.717) is 37.1 Å². The third kappa shape index (κ3) is 6.03. The highest BCUT2D eigenvalue weighted by Gasteiger charge is 2.56. The van der Waals surface area contributed by atoms with Crippen LogP contribution in [0.4, 0.5) is 11.4 Å². The SMILES string of the molecule is COc1ccc(N2C(=O)C3Sc4[nH]c(=O)sc4[C@H](c4cc(Br)ccc4OCC(=O)Nc4ccc(S(N)(=O)=O)cc4)C3C2=O)cc1. The number of methoxy groups -OCH3 is 1. The van der Waals surface area contributed by atoms with Crippen molar-refractivity contribution in [3.05, 3.63) is 91.3 Å². The second-order valence-electron chi connectivity index (χ2n) is 10.0. The van der Waals surface area contributed by atoms with Gasteiger partial charge in [0.1, 0.15) is 16.7 Å². The molecule has 2 aliphatic heterocycles. The van der Waals surface area contributed by atoms with E-state index in [4.69, 9.17) is 14.6 Å². The number of halogens is 1. The Balaban J connectivity index is 1.31. The minimum absolute atomic E-state index is 0.0999. The van der Waals surface area contributed by atoms with Crippen LogP contribution in [0, 0.1) is 5.92 Å². The first-order valence-electron chi connectivity index (χ1n) is 13.2. The van der Waals surface area contributed by atoms with Crippen molar-refractivity contribution in [1.82, 2.24) is 4.98 Å². The smallest absolute Gasteiger partial charge is 0.305 e. The number of nitrogens with two attached hydrogens (primary N) is 1. The Kier molecular flexibility index (Phi) is 8.34. The standard InChI is InChI=1S/C29H23BrN4O8S3/c1-41-17-7-5-16(6-8-17)34-27(36)23-22(24-26(33-29(38)44-24)43-25(23)28(34)37)19-12-14(30)2-11-20(19)42-13-21(35)32-15-3-9-18(10-4-15)45(31,39)40/h2-12,22-23,25H,13H2,1H3,(H,32,35)(H,33,38)(H2,31,39,40)/t22-,23?,25?/m1/s1. The number of carbonyl (C=O) groups is 3. The van der Waals surface area contributed by atoms with Gasteiger partial charge in [0.25, 0.3) is 5.91 Å². The molecule has 45 heavy (non-hydrogen) atoms. The average Bonchev–Trinajstić information content (AvgIpc) is 3.50. The molecule has 0 radical (unpaired) electrons. The van der Waals surface area contributed by atoms with E-state index in [1.807, 2.05) is 0 Å². The number of thioether (sulfide) groups is 1. The van der Waals surface area contributed by atoms with Crippen LogP contribution in [-0.2, 0) is 24.4 Å². The van der Waals surface area contributed by atoms with Crippen LogP contribution in [0.25, 0.3) is 0 Å². The van der Waals surface area contributed by atoms with Crippen LogP contribution in [-0.4, -0.2) is 50.1 Å². The van der Waals surface area contributed by atoms with Crippen molar-refractivity contribution in [2.75, 3.05) is 23.9 Å². The molecule has 1 aromatic heterocycles. The summed E-state index contributed by atoms with van der Waals surface area (Å²) in [7, 11) is -2.37. The van der Waals surface area contributed by atoms with E-state index in [1.165, 1.54) is 31.4 Å². The molecule has 0 bridgehead atoms. The summed E-state index contributed by atoms with van der Waals surface area (Å²) in [6.07, 6.45) is 0. The van der Waals surface area contributed by atoms with Gasteiger partial charge in [-0.1, -0.05) is 39.0 Å². The monoisotopic (exact) mass is 730 g/mol. The minimum Gasteiger partial charge on any atom is -0.497 e. The normalized spacial score (nSPS) is 19.2. The van der Waals surface area contributed by atoms with Gasteiger partial charge in [-0.25, -0.2) is 18.5 Å². The number of aromatic amines is 1. The molecule has 2 aliphatic rings. The first kappa shape index (κ1) is 31.0. The van der Waals surface area contributed by atoms with E-state index in [9.17, 15) is 27.6 Å². The number of nitrogens with one attached hydrogen (secondary N) is 2. The summed E-state index contributed by atoms with van der Waals surface area (Å²) in [6.45, 7) is -0.428. The number of rotatable bonds is 8. The number of hydrogen-bond acceptors (Lipinski definition) is 10. The summed E-state index contributed by atoms with van der Waals surface area (Å²) >= 11 is 5.59. The van der Waals surface area contributed by atoms with Crippen LogP contribution in [0.2, 0.25) is 0 Å². The highest BCUT2D eigenvalue weighted by atomic mass is 79.9. The fraction of sp³-hybridized carbons (Fsp3) is 0.172. The third-order valence-electron chi connectivity index (χ3n) is 7.29. The van der Waals surface area contributed by atoms with Crippen LogP contribution >= 0.6 is 39.0 Å². The van der Waals surface area contributed by atoms with E-state index in [-0.39, 0.29) is 15.5 Å². The number of anilines is 2. The molecule has 2 unspecified atom stereocenters. The largest absolute Gasteiger partial charge is 0.497 e. The predicted molar refractivity (Wildman–Crippen MR) is 171 cm³/mol. The van der Waals surface area contributed by atoms with Gasteiger partial charge < -0.3 is 19.8 Å². The fourth-order valence-electron chi connectivity index (χ4n) is 5.30. The van der Waals surface area contributed by atoms with E-state index in [0.717, 1.165) is 28.0 Å². The molecule has 0 spiro atoms. The number of imide groups is 1. The molecule has 4 N–H and O–H groups in total. The van der Waals surface area contributed by atoms with Crippen molar-refractivity contribution in [3.63, 3.8) is 0 Å². The first-order chi connectivity index (χ1) is 21.4. The topological polar surface area (TPSA) is 178 Å². The molecule has 1 saturated heterocycles. The highest BCUT2D eigenvalue weighted by molar-refractivity contribution is 9.10. The molecular weight excluding hydrogens is 708 g/mol. The zero-order chi connectivity index (χ0) is 32.0. The molecule has 0 aliphatic carbocycles. The molecule has 6 rings (SSSR count). The van der Waals surface area contributed by atoms with Crippen LogP contribution in [0.3, 0.4) is 0 Å². The molecule has 232 valence electrons. The molecule has 16 heteroatoms. The Bertz CT molecular complexity index is 1990. The van der Waals surface area contributed by atoms with Crippen molar-refractivity contribution in [2.45, 2.75) is 21.1 Å². The van der Waals surface area contributed by atoms with Gasteiger partial charge in [-0.15, -0.1) is 0 Å². The lowest BCUT2D eigenvalue weighted by molar-refractivity contribution is -0.122. The molecule has 12 nitrogen and oxygen atoms in total. The number of fused-ring (bicyclic) bond motifs is 2. The Morgan fingerprint density at radius 1 is 1.04 bits per heavy atom. The summed E-state index contributed by atoms with van der Waals surface area (Å²) < 4.78 is 34.9. The van der Waals surface area contributed by atoms with Gasteiger partial charge in [-0.05, 0) is 66.7 Å². The Morgan fingerprint density at radius 2 is 1.76 bits per heavy atom. The van der Waals surface area contributed by atoms with Crippen molar-refractivity contribution >= 4 is 78.1 Å². The number of nitrogens with zero attached hydrogens (tertiary/aromatic N) is 1. The quantitative estimate of drug-likeness (QED) is 0.228. The fourth-order valence-corrected chi connectivity index (χ4v) is 8.70. The molecule has 3 aromatic carbocycles. The number of amides is 3. The molecule has 3 heterocycles. The van der Waals surface area contributed by atoms with Gasteiger partial charge in [-0.2, -0.15) is 0 Å². The van der Waals surface area contributed by atoms with Gasteiger partial charge >= 0.3 is 4.87 Å². The Morgan fingerprint density at radius 3 is 2.42 bits per heavy atom. The zero-order valence-electron chi connectivity index (χ0n) is 23.2. The maximum Gasteiger partial charge on any atom is 0.305 e. The maximum absolute atomic E-state index is 14.1. The number of thiazole rings is 1. The molecule has 0 saturated carbocycles.